The normalized spacial score (nSPS) is 29.5. The maximum atomic E-state index is 5.61. The molecule has 0 amide bonds. The molecule has 25 heavy (non-hydrogen) atoms. The molecule has 2 nitrogen and oxygen atoms in total. The summed E-state index contributed by atoms with van der Waals surface area (Å²) >= 11 is 0. The van der Waals surface area contributed by atoms with Gasteiger partial charge in [-0.25, -0.2) is 0 Å². The van der Waals surface area contributed by atoms with E-state index in [4.69, 9.17) is 4.74 Å². The van der Waals surface area contributed by atoms with Crippen molar-refractivity contribution in [2.75, 3.05) is 13.7 Å². The van der Waals surface area contributed by atoms with Gasteiger partial charge < -0.3 is 10.1 Å². The molecule has 1 saturated carbocycles. The lowest BCUT2D eigenvalue weighted by atomic mass is 9.60. The van der Waals surface area contributed by atoms with Gasteiger partial charge in [0.25, 0.3) is 0 Å². The van der Waals surface area contributed by atoms with Crippen LogP contribution in [0.4, 0.5) is 0 Å². The highest BCUT2D eigenvalue weighted by atomic mass is 16.5. The third-order valence-corrected chi connectivity index (χ3v) is 6.51. The predicted octanol–water partition coefficient (Wildman–Crippen LogP) is 5.46. The van der Waals surface area contributed by atoms with Gasteiger partial charge in [-0.2, -0.15) is 0 Å². The van der Waals surface area contributed by atoms with Crippen LogP contribution in [0, 0.1) is 5.41 Å². The molecule has 1 spiro atoms. The van der Waals surface area contributed by atoms with Crippen LogP contribution in [-0.4, -0.2) is 13.7 Å². The molecule has 1 saturated heterocycles. The highest BCUT2D eigenvalue weighted by Gasteiger charge is 2.44. The fourth-order valence-corrected chi connectivity index (χ4v) is 5.21. The lowest BCUT2D eigenvalue weighted by Gasteiger charge is -2.49. The van der Waals surface area contributed by atoms with E-state index >= 15 is 0 Å². The molecule has 4 rings (SSSR count). The van der Waals surface area contributed by atoms with Crippen LogP contribution in [0.15, 0.2) is 54.6 Å². The lowest BCUT2D eigenvalue weighted by Crippen LogP contribution is -2.45. The van der Waals surface area contributed by atoms with E-state index in [9.17, 15) is 0 Å². The molecule has 0 aromatic heterocycles. The van der Waals surface area contributed by atoms with E-state index < -0.39 is 0 Å². The first kappa shape index (κ1) is 16.7. The van der Waals surface area contributed by atoms with Crippen molar-refractivity contribution in [1.82, 2.24) is 5.32 Å². The summed E-state index contributed by atoms with van der Waals surface area (Å²) in [7, 11) is 1.79. The minimum Gasteiger partial charge on any atom is -0.496 e. The molecule has 1 aliphatic carbocycles. The zero-order valence-electron chi connectivity index (χ0n) is 15.2. The average molecular weight is 335 g/mol. The van der Waals surface area contributed by atoms with Crippen molar-refractivity contribution >= 4 is 0 Å². The minimum atomic E-state index is 0.429. The van der Waals surface area contributed by atoms with Gasteiger partial charge in [-0.1, -0.05) is 48.5 Å². The molecule has 2 aliphatic rings. The molecule has 1 N–H and O–H groups in total. The van der Waals surface area contributed by atoms with E-state index in [0.29, 0.717) is 17.4 Å². The van der Waals surface area contributed by atoms with Crippen LogP contribution < -0.4 is 10.1 Å². The lowest BCUT2D eigenvalue weighted by molar-refractivity contribution is 0.0729. The van der Waals surface area contributed by atoms with E-state index in [1.54, 1.807) is 7.11 Å². The Balaban J connectivity index is 1.54. The Hall–Kier alpha value is -1.80. The first-order valence-corrected chi connectivity index (χ1v) is 9.74. The van der Waals surface area contributed by atoms with E-state index in [1.165, 1.54) is 49.7 Å². The van der Waals surface area contributed by atoms with Crippen molar-refractivity contribution in [3.05, 3.63) is 65.7 Å². The monoisotopic (exact) mass is 335 g/mol. The number of piperidine rings is 1. The van der Waals surface area contributed by atoms with Crippen LogP contribution in [-0.2, 0) is 0 Å². The molecule has 2 fully saturated rings. The third kappa shape index (κ3) is 3.20. The number of hydrogen-bond donors (Lipinski definition) is 1. The van der Waals surface area contributed by atoms with Crippen LogP contribution in [0.5, 0.6) is 5.75 Å². The summed E-state index contributed by atoms with van der Waals surface area (Å²) < 4.78 is 5.61. The maximum Gasteiger partial charge on any atom is 0.122 e. The van der Waals surface area contributed by atoms with Crippen molar-refractivity contribution in [2.24, 2.45) is 5.41 Å². The Labute approximate surface area is 151 Å². The molecule has 2 aromatic carbocycles. The topological polar surface area (TPSA) is 21.3 Å². The summed E-state index contributed by atoms with van der Waals surface area (Å²) in [4.78, 5) is 0. The second kappa shape index (κ2) is 7.21. The number of ether oxygens (including phenoxy) is 1. The SMILES string of the molecule is COc1ccccc1C1CCC2(CCCN[C@@H]2c2ccccc2)CC1. The predicted molar refractivity (Wildman–Crippen MR) is 103 cm³/mol. The number of benzene rings is 2. The van der Waals surface area contributed by atoms with Crippen molar-refractivity contribution in [3.8, 4) is 5.75 Å². The molecule has 2 heteroatoms. The Morgan fingerprint density at radius 2 is 1.64 bits per heavy atom. The van der Waals surface area contributed by atoms with Gasteiger partial charge in [-0.15, -0.1) is 0 Å². The maximum absolute atomic E-state index is 5.61. The second-order valence-corrected chi connectivity index (χ2v) is 7.78. The molecule has 1 heterocycles. The zero-order valence-corrected chi connectivity index (χ0v) is 15.2. The van der Waals surface area contributed by atoms with Gasteiger partial charge in [0.15, 0.2) is 0 Å². The summed E-state index contributed by atoms with van der Waals surface area (Å²) in [5, 5.41) is 3.85. The van der Waals surface area contributed by atoms with Crippen LogP contribution in [0.2, 0.25) is 0 Å². The number of nitrogens with one attached hydrogen (secondary N) is 1. The van der Waals surface area contributed by atoms with E-state index in [-0.39, 0.29) is 0 Å². The van der Waals surface area contributed by atoms with Crippen LogP contribution in [0.1, 0.15) is 61.6 Å². The highest BCUT2D eigenvalue weighted by molar-refractivity contribution is 5.36. The molecule has 2 aromatic rings. The Kier molecular flexibility index (Phi) is 4.80. The Bertz CT molecular complexity index is 688. The Morgan fingerprint density at radius 1 is 0.920 bits per heavy atom. The first-order valence-electron chi connectivity index (χ1n) is 9.74. The number of para-hydroxylation sites is 1. The summed E-state index contributed by atoms with van der Waals surface area (Å²) in [6, 6.07) is 20.2. The van der Waals surface area contributed by atoms with Gasteiger partial charge in [0.1, 0.15) is 5.75 Å². The molecule has 132 valence electrons. The largest absolute Gasteiger partial charge is 0.496 e. The third-order valence-electron chi connectivity index (χ3n) is 6.51. The number of hydrogen-bond acceptors (Lipinski definition) is 2. The number of methoxy groups -OCH3 is 1. The summed E-state index contributed by atoms with van der Waals surface area (Å²) in [5.41, 5.74) is 3.30. The van der Waals surface area contributed by atoms with E-state index in [0.717, 1.165) is 12.3 Å². The van der Waals surface area contributed by atoms with Crippen LogP contribution in [0.25, 0.3) is 0 Å². The van der Waals surface area contributed by atoms with Crippen LogP contribution >= 0.6 is 0 Å². The molecule has 1 aliphatic heterocycles. The molecule has 0 bridgehead atoms. The van der Waals surface area contributed by atoms with Gasteiger partial charge in [0, 0.05) is 6.04 Å². The fourth-order valence-electron chi connectivity index (χ4n) is 5.21. The van der Waals surface area contributed by atoms with Gasteiger partial charge in [0.2, 0.25) is 0 Å². The smallest absolute Gasteiger partial charge is 0.122 e. The fraction of sp³-hybridized carbons (Fsp3) is 0.478. The minimum absolute atomic E-state index is 0.429. The van der Waals surface area contributed by atoms with Gasteiger partial charge in [-0.05, 0) is 73.6 Å². The molecule has 1 atom stereocenters. The molecular weight excluding hydrogens is 306 g/mol. The standard InChI is InChI=1S/C23H29NO/c1-25-21-11-6-5-10-20(21)18-12-15-23(16-13-18)14-7-17-24-22(23)19-8-3-2-4-9-19/h2-6,8-11,18,22,24H,7,12-17H2,1H3/t18?,22-,23?/m1/s1. The van der Waals surface area contributed by atoms with Gasteiger partial charge in [0.05, 0.1) is 7.11 Å². The quantitative estimate of drug-likeness (QED) is 0.804. The van der Waals surface area contributed by atoms with E-state index in [2.05, 4.69) is 59.9 Å². The van der Waals surface area contributed by atoms with Crippen LogP contribution in [0.3, 0.4) is 0 Å². The molecule has 0 radical (unpaired) electrons. The van der Waals surface area contributed by atoms with E-state index in [1.807, 2.05) is 0 Å². The summed E-state index contributed by atoms with van der Waals surface area (Å²) in [6.07, 6.45) is 7.82. The second-order valence-electron chi connectivity index (χ2n) is 7.78. The first-order chi connectivity index (χ1) is 12.3. The van der Waals surface area contributed by atoms with Crippen molar-refractivity contribution in [3.63, 3.8) is 0 Å². The average Bonchev–Trinajstić information content (AvgIpc) is 2.70. The zero-order chi connectivity index (χ0) is 17.1. The number of rotatable bonds is 3. The van der Waals surface area contributed by atoms with Crippen molar-refractivity contribution in [1.29, 1.82) is 0 Å². The Morgan fingerprint density at radius 3 is 2.40 bits per heavy atom. The van der Waals surface area contributed by atoms with Gasteiger partial charge in [-0.3, -0.25) is 0 Å². The van der Waals surface area contributed by atoms with Crippen molar-refractivity contribution in [2.45, 2.75) is 50.5 Å². The highest BCUT2D eigenvalue weighted by Crippen LogP contribution is 2.54. The molecular formula is C23H29NO. The molecule has 0 unspecified atom stereocenters. The summed E-state index contributed by atoms with van der Waals surface area (Å²) in [6.45, 7) is 1.15. The summed E-state index contributed by atoms with van der Waals surface area (Å²) in [5.74, 6) is 1.70. The van der Waals surface area contributed by atoms with Crippen molar-refractivity contribution < 1.29 is 4.74 Å². The van der Waals surface area contributed by atoms with Gasteiger partial charge >= 0.3 is 0 Å².